The molecule has 2 amide bonds. The van der Waals surface area contributed by atoms with E-state index in [-0.39, 0.29) is 11.8 Å². The number of hydrogen-bond acceptors (Lipinski definition) is 6. The van der Waals surface area contributed by atoms with Crippen molar-refractivity contribution < 1.29 is 23.8 Å². The second-order valence-corrected chi connectivity index (χ2v) is 5.42. The van der Waals surface area contributed by atoms with Gasteiger partial charge in [-0.2, -0.15) is 0 Å². The Morgan fingerprint density at radius 3 is 2.26 bits per heavy atom. The summed E-state index contributed by atoms with van der Waals surface area (Å²) in [5.41, 5.74) is 0.644. The Hall–Kier alpha value is -2.59. The zero-order valence-electron chi connectivity index (χ0n) is 12.9. The molecule has 0 aromatic heterocycles. The number of amides is 2. The minimum Gasteiger partial charge on any atom is -0.493 e. The fraction of sp³-hybridized carbons (Fsp3) is 0.250. The molecule has 120 valence electrons. The molecule has 1 aliphatic heterocycles. The Morgan fingerprint density at radius 1 is 1.17 bits per heavy atom. The van der Waals surface area contributed by atoms with Crippen LogP contribution in [0, 0.1) is 12.3 Å². The van der Waals surface area contributed by atoms with E-state index in [9.17, 15) is 9.59 Å². The smallest absolute Gasteiger partial charge is 0.294 e. The predicted molar refractivity (Wildman–Crippen MR) is 87.6 cm³/mol. The summed E-state index contributed by atoms with van der Waals surface area (Å²) in [6, 6.07) is 3.38. The van der Waals surface area contributed by atoms with E-state index in [0.717, 1.165) is 16.7 Å². The van der Waals surface area contributed by atoms with Gasteiger partial charge in [-0.25, -0.2) is 0 Å². The van der Waals surface area contributed by atoms with Gasteiger partial charge in [-0.1, -0.05) is 5.92 Å². The average molecular weight is 333 g/mol. The van der Waals surface area contributed by atoms with Crippen molar-refractivity contribution in [3.05, 3.63) is 22.6 Å². The van der Waals surface area contributed by atoms with Gasteiger partial charge < -0.3 is 14.2 Å². The Labute approximate surface area is 138 Å². The molecule has 6 nitrogen and oxygen atoms in total. The minimum atomic E-state index is -0.410. The molecule has 1 aliphatic rings. The predicted octanol–water partition coefficient (Wildman–Crippen LogP) is 2.38. The number of nitrogens with zero attached hydrogens (tertiary/aromatic N) is 1. The summed E-state index contributed by atoms with van der Waals surface area (Å²) in [6.45, 7) is -0.0444. The quantitative estimate of drug-likeness (QED) is 0.609. The van der Waals surface area contributed by atoms with Crippen LogP contribution in [0.1, 0.15) is 5.56 Å². The molecule has 1 aromatic rings. The highest BCUT2D eigenvalue weighted by Crippen LogP contribution is 2.40. The van der Waals surface area contributed by atoms with Gasteiger partial charge in [0.15, 0.2) is 11.5 Å². The highest BCUT2D eigenvalue weighted by Gasteiger charge is 2.34. The molecule has 1 saturated heterocycles. The topological polar surface area (TPSA) is 65.1 Å². The zero-order valence-corrected chi connectivity index (χ0v) is 13.7. The first-order valence-electron chi connectivity index (χ1n) is 6.54. The second kappa shape index (κ2) is 7.11. The van der Waals surface area contributed by atoms with E-state index in [0.29, 0.717) is 27.7 Å². The van der Waals surface area contributed by atoms with Gasteiger partial charge in [0.1, 0.15) is 0 Å². The Morgan fingerprint density at radius 2 is 1.78 bits per heavy atom. The van der Waals surface area contributed by atoms with E-state index >= 15 is 0 Å². The van der Waals surface area contributed by atoms with Gasteiger partial charge in [0, 0.05) is 0 Å². The fourth-order valence-corrected chi connectivity index (χ4v) is 2.90. The number of imide groups is 1. The maximum atomic E-state index is 12.2. The van der Waals surface area contributed by atoms with Gasteiger partial charge in [-0.3, -0.25) is 14.5 Å². The van der Waals surface area contributed by atoms with Crippen molar-refractivity contribution in [1.82, 2.24) is 4.90 Å². The van der Waals surface area contributed by atoms with E-state index in [2.05, 4.69) is 5.92 Å². The van der Waals surface area contributed by atoms with E-state index in [1.807, 2.05) is 0 Å². The summed E-state index contributed by atoms with van der Waals surface area (Å²) in [4.78, 5) is 25.3. The Kier molecular flexibility index (Phi) is 5.19. The van der Waals surface area contributed by atoms with Gasteiger partial charge >= 0.3 is 0 Å². The number of rotatable bonds is 5. The summed E-state index contributed by atoms with van der Waals surface area (Å²) in [6.07, 6.45) is 6.76. The van der Waals surface area contributed by atoms with Crippen molar-refractivity contribution in [1.29, 1.82) is 0 Å². The molecule has 0 spiro atoms. The maximum absolute atomic E-state index is 12.2. The van der Waals surface area contributed by atoms with E-state index < -0.39 is 5.91 Å². The van der Waals surface area contributed by atoms with Crippen LogP contribution in [0.2, 0.25) is 0 Å². The van der Waals surface area contributed by atoms with Gasteiger partial charge in [0.2, 0.25) is 5.75 Å². The molecule has 0 aliphatic carbocycles. The van der Waals surface area contributed by atoms with Crippen LogP contribution in [0.5, 0.6) is 17.2 Å². The van der Waals surface area contributed by atoms with Crippen LogP contribution in [0.3, 0.4) is 0 Å². The summed E-state index contributed by atoms with van der Waals surface area (Å²) in [5, 5.41) is -0.383. The minimum absolute atomic E-state index is 0.0444. The van der Waals surface area contributed by atoms with Crippen molar-refractivity contribution in [3.8, 4) is 29.6 Å². The lowest BCUT2D eigenvalue weighted by atomic mass is 10.1. The second-order valence-electron chi connectivity index (χ2n) is 4.43. The number of methoxy groups -OCH3 is 3. The van der Waals surface area contributed by atoms with E-state index in [1.165, 1.54) is 21.3 Å². The summed E-state index contributed by atoms with van der Waals surface area (Å²) < 4.78 is 15.8. The molecule has 7 heteroatoms. The average Bonchev–Trinajstić information content (AvgIpc) is 2.81. The van der Waals surface area contributed by atoms with Crippen molar-refractivity contribution >= 4 is 29.0 Å². The van der Waals surface area contributed by atoms with Crippen LogP contribution in [0.4, 0.5) is 4.79 Å². The molecule has 0 bridgehead atoms. The molecule has 1 fully saturated rings. The largest absolute Gasteiger partial charge is 0.493 e. The van der Waals surface area contributed by atoms with Gasteiger partial charge in [-0.05, 0) is 35.5 Å². The molecule has 0 saturated carbocycles. The first kappa shape index (κ1) is 16.8. The highest BCUT2D eigenvalue weighted by molar-refractivity contribution is 8.18. The van der Waals surface area contributed by atoms with Crippen molar-refractivity contribution in [2.45, 2.75) is 0 Å². The molecule has 1 heterocycles. The summed E-state index contributed by atoms with van der Waals surface area (Å²) in [5.74, 6) is 3.25. The lowest BCUT2D eigenvalue weighted by Crippen LogP contribution is -2.28. The van der Waals surface area contributed by atoms with E-state index in [4.69, 9.17) is 20.6 Å². The van der Waals surface area contributed by atoms with Crippen LogP contribution in [-0.2, 0) is 4.79 Å². The lowest BCUT2D eigenvalue weighted by molar-refractivity contribution is -0.122. The third kappa shape index (κ3) is 3.27. The summed E-state index contributed by atoms with van der Waals surface area (Å²) in [7, 11) is 4.51. The van der Waals surface area contributed by atoms with Crippen molar-refractivity contribution in [2.24, 2.45) is 0 Å². The van der Waals surface area contributed by atoms with Crippen molar-refractivity contribution in [2.75, 3.05) is 27.9 Å². The van der Waals surface area contributed by atoms with Crippen LogP contribution in [0.25, 0.3) is 6.08 Å². The SMILES string of the molecule is C#CCN1C(=O)S/C(=C\c2cc(OC)c(OC)c(OC)c2)C1=O. The third-order valence-corrected chi connectivity index (χ3v) is 4.02. The van der Waals surface area contributed by atoms with Gasteiger partial charge in [0.05, 0.1) is 32.8 Å². The molecule has 23 heavy (non-hydrogen) atoms. The number of terminal acetylenes is 1. The first-order chi connectivity index (χ1) is 11.0. The number of ether oxygens (including phenoxy) is 3. The third-order valence-electron chi connectivity index (χ3n) is 3.11. The van der Waals surface area contributed by atoms with Gasteiger partial charge in [-0.15, -0.1) is 6.42 Å². The zero-order chi connectivity index (χ0) is 17.0. The molecule has 2 rings (SSSR count). The van der Waals surface area contributed by atoms with Crippen LogP contribution < -0.4 is 14.2 Å². The van der Waals surface area contributed by atoms with Gasteiger partial charge in [0.25, 0.3) is 11.1 Å². The Balaban J connectivity index is 2.42. The number of hydrogen-bond donors (Lipinski definition) is 0. The van der Waals surface area contributed by atoms with Crippen LogP contribution >= 0.6 is 11.8 Å². The molecule has 0 N–H and O–H groups in total. The molecule has 0 unspecified atom stereocenters. The molecule has 1 aromatic carbocycles. The number of benzene rings is 1. The summed E-state index contributed by atoms with van der Waals surface area (Å²) >= 11 is 0.844. The highest BCUT2D eigenvalue weighted by atomic mass is 32.2. The molecule has 0 radical (unpaired) electrons. The monoisotopic (exact) mass is 333 g/mol. The van der Waals surface area contributed by atoms with Crippen LogP contribution in [-0.4, -0.2) is 43.9 Å². The maximum Gasteiger partial charge on any atom is 0.294 e. The molecular weight excluding hydrogens is 318 g/mol. The number of carbonyl (C=O) groups is 2. The standard InChI is InChI=1S/C16H15NO5S/c1-5-6-17-15(18)13(23-16(17)19)9-10-7-11(20-2)14(22-4)12(8-10)21-3/h1,7-9H,6H2,2-4H3/b13-9-. The number of thioether (sulfide) groups is 1. The molecule has 0 atom stereocenters. The Bertz CT molecular complexity index is 695. The normalized spacial score (nSPS) is 15.7. The first-order valence-corrected chi connectivity index (χ1v) is 7.36. The fourth-order valence-electron chi connectivity index (χ4n) is 2.06. The van der Waals surface area contributed by atoms with Crippen molar-refractivity contribution in [3.63, 3.8) is 0 Å². The lowest BCUT2D eigenvalue weighted by Gasteiger charge is -2.13. The van der Waals surface area contributed by atoms with Crippen LogP contribution in [0.15, 0.2) is 17.0 Å². The van der Waals surface area contributed by atoms with E-state index in [1.54, 1.807) is 18.2 Å². The molecular formula is C16H15NO5S. The number of carbonyl (C=O) groups excluding carboxylic acids is 2.